The van der Waals surface area contributed by atoms with Crippen molar-refractivity contribution in [2.45, 2.75) is 6.54 Å². The topological polar surface area (TPSA) is 49.0 Å². The third-order valence-electron chi connectivity index (χ3n) is 3.33. The quantitative estimate of drug-likeness (QED) is 0.805. The van der Waals surface area contributed by atoms with Crippen LogP contribution in [0.25, 0.3) is 10.9 Å². The number of aromatic nitrogens is 2. The molecule has 4 nitrogen and oxygen atoms in total. The molecule has 21 heavy (non-hydrogen) atoms. The van der Waals surface area contributed by atoms with Gasteiger partial charge in [-0.15, -0.1) is 0 Å². The van der Waals surface area contributed by atoms with E-state index in [1.165, 1.54) is 0 Å². The van der Waals surface area contributed by atoms with Gasteiger partial charge >= 0.3 is 0 Å². The van der Waals surface area contributed by atoms with Gasteiger partial charge in [-0.2, -0.15) is 0 Å². The smallest absolute Gasteiger partial charge is 0.271 e. The molecule has 0 spiro atoms. The highest BCUT2D eigenvalue weighted by Gasteiger charge is 2.19. The molecular formula is C16H14ClN3O. The summed E-state index contributed by atoms with van der Waals surface area (Å²) >= 11 is 6.30. The summed E-state index contributed by atoms with van der Waals surface area (Å²) in [5, 5.41) is 1.32. The maximum absolute atomic E-state index is 12.5. The summed E-state index contributed by atoms with van der Waals surface area (Å²) in [6.07, 6.45) is 1.71. The number of para-hydroxylation sites is 1. The van der Waals surface area contributed by atoms with Crippen LogP contribution in [-0.2, 0) is 6.54 Å². The van der Waals surface area contributed by atoms with Crippen molar-refractivity contribution in [3.63, 3.8) is 0 Å². The average molecular weight is 300 g/mol. The molecule has 2 aromatic heterocycles. The van der Waals surface area contributed by atoms with Crippen LogP contribution in [0, 0.1) is 0 Å². The number of halogens is 1. The van der Waals surface area contributed by atoms with Crippen LogP contribution in [-0.4, -0.2) is 27.8 Å². The normalized spacial score (nSPS) is 10.8. The molecule has 106 valence electrons. The largest absolute Gasteiger partial charge is 0.349 e. The predicted molar refractivity (Wildman–Crippen MR) is 83.3 cm³/mol. The zero-order chi connectivity index (χ0) is 14.8. The molecule has 0 aliphatic rings. The summed E-state index contributed by atoms with van der Waals surface area (Å²) in [6, 6.07) is 13.2. The fraction of sp³-hybridized carbons (Fsp3) is 0.125. The number of hydrogen-bond donors (Lipinski definition) is 1. The van der Waals surface area contributed by atoms with Crippen LogP contribution < -0.4 is 0 Å². The van der Waals surface area contributed by atoms with E-state index in [4.69, 9.17) is 11.6 Å². The number of rotatable bonds is 3. The minimum Gasteiger partial charge on any atom is -0.349 e. The van der Waals surface area contributed by atoms with E-state index in [9.17, 15) is 4.79 Å². The minimum atomic E-state index is -0.151. The highest BCUT2D eigenvalue weighted by atomic mass is 35.5. The number of fused-ring (bicyclic) bond motifs is 1. The molecule has 2 heterocycles. The highest BCUT2D eigenvalue weighted by molar-refractivity contribution is 6.38. The van der Waals surface area contributed by atoms with Gasteiger partial charge in [-0.05, 0) is 18.2 Å². The first kappa shape index (κ1) is 13.6. The van der Waals surface area contributed by atoms with E-state index in [1.807, 2.05) is 42.5 Å². The summed E-state index contributed by atoms with van der Waals surface area (Å²) in [5.41, 5.74) is 2.11. The molecule has 0 saturated heterocycles. The number of nitrogens with one attached hydrogen (secondary N) is 1. The van der Waals surface area contributed by atoms with Crippen molar-refractivity contribution in [2.24, 2.45) is 0 Å². The number of hydrogen-bond acceptors (Lipinski definition) is 2. The lowest BCUT2D eigenvalue weighted by Gasteiger charge is -2.16. The Morgan fingerprint density at radius 2 is 2.00 bits per heavy atom. The molecule has 0 aliphatic carbocycles. The van der Waals surface area contributed by atoms with Gasteiger partial charge in [0.1, 0.15) is 5.69 Å². The van der Waals surface area contributed by atoms with Crippen LogP contribution in [0.3, 0.4) is 0 Å². The van der Waals surface area contributed by atoms with Gasteiger partial charge in [0.15, 0.2) is 0 Å². The first-order chi connectivity index (χ1) is 10.2. The van der Waals surface area contributed by atoms with Gasteiger partial charge in [0.2, 0.25) is 0 Å². The molecule has 1 amide bonds. The van der Waals surface area contributed by atoms with Crippen LogP contribution in [0.4, 0.5) is 0 Å². The van der Waals surface area contributed by atoms with Gasteiger partial charge in [-0.1, -0.05) is 35.9 Å². The standard InChI is InChI=1S/C16H14ClN3O/c1-20(10-11-6-4-5-9-18-11)16(21)15-14(17)12-7-2-3-8-13(12)19-15/h2-9,19H,10H2,1H3. The van der Waals surface area contributed by atoms with E-state index in [2.05, 4.69) is 9.97 Å². The monoisotopic (exact) mass is 299 g/mol. The lowest BCUT2D eigenvalue weighted by atomic mass is 10.2. The van der Waals surface area contributed by atoms with E-state index < -0.39 is 0 Å². The first-order valence-corrected chi connectivity index (χ1v) is 6.96. The van der Waals surface area contributed by atoms with Gasteiger partial charge in [-0.3, -0.25) is 9.78 Å². The number of pyridine rings is 1. The Bertz CT molecular complexity index is 783. The molecule has 0 bridgehead atoms. The molecular weight excluding hydrogens is 286 g/mol. The van der Waals surface area contributed by atoms with Crippen molar-refractivity contribution in [3.05, 3.63) is 65.1 Å². The Balaban J connectivity index is 1.88. The SMILES string of the molecule is CN(Cc1ccccn1)C(=O)c1[nH]c2ccccc2c1Cl. The van der Waals surface area contributed by atoms with Crippen LogP contribution in [0.1, 0.15) is 16.2 Å². The van der Waals surface area contributed by atoms with Crippen molar-refractivity contribution in [1.29, 1.82) is 0 Å². The fourth-order valence-electron chi connectivity index (χ4n) is 2.25. The lowest BCUT2D eigenvalue weighted by molar-refractivity contribution is 0.0779. The zero-order valence-corrected chi connectivity index (χ0v) is 12.3. The summed E-state index contributed by atoms with van der Waals surface area (Å²) in [6.45, 7) is 0.436. The number of nitrogens with zero attached hydrogens (tertiary/aromatic N) is 2. The second kappa shape index (κ2) is 5.58. The number of H-pyrrole nitrogens is 1. The van der Waals surface area contributed by atoms with Crippen LogP contribution in [0.5, 0.6) is 0 Å². The summed E-state index contributed by atoms with van der Waals surface area (Å²) in [4.78, 5) is 21.4. The van der Waals surface area contributed by atoms with Gasteiger partial charge in [0.25, 0.3) is 5.91 Å². The van der Waals surface area contributed by atoms with Gasteiger partial charge in [0, 0.05) is 24.1 Å². The molecule has 3 aromatic rings. The second-order valence-corrected chi connectivity index (χ2v) is 5.22. The van der Waals surface area contributed by atoms with Gasteiger partial charge in [-0.25, -0.2) is 0 Å². The Labute approximate surface area is 127 Å². The molecule has 3 rings (SSSR count). The van der Waals surface area contributed by atoms with Crippen LogP contribution in [0.15, 0.2) is 48.7 Å². The van der Waals surface area contributed by atoms with Crippen LogP contribution >= 0.6 is 11.6 Å². The minimum absolute atomic E-state index is 0.151. The third-order valence-corrected chi connectivity index (χ3v) is 3.72. The Morgan fingerprint density at radius 3 is 2.71 bits per heavy atom. The van der Waals surface area contributed by atoms with Crippen molar-refractivity contribution < 1.29 is 4.79 Å². The maximum Gasteiger partial charge on any atom is 0.271 e. The van der Waals surface area contributed by atoms with E-state index in [0.717, 1.165) is 16.6 Å². The Morgan fingerprint density at radius 1 is 1.24 bits per heavy atom. The van der Waals surface area contributed by atoms with Crippen molar-refractivity contribution in [2.75, 3.05) is 7.05 Å². The number of carbonyl (C=O) groups is 1. The van der Waals surface area contributed by atoms with Crippen LogP contribution in [0.2, 0.25) is 5.02 Å². The summed E-state index contributed by atoms with van der Waals surface area (Å²) < 4.78 is 0. The van der Waals surface area contributed by atoms with E-state index in [0.29, 0.717) is 17.3 Å². The molecule has 1 aromatic carbocycles. The lowest BCUT2D eigenvalue weighted by Crippen LogP contribution is -2.27. The molecule has 5 heteroatoms. The van der Waals surface area contributed by atoms with Gasteiger partial charge < -0.3 is 9.88 Å². The zero-order valence-electron chi connectivity index (χ0n) is 11.5. The molecule has 0 aliphatic heterocycles. The van der Waals surface area contributed by atoms with E-state index in [-0.39, 0.29) is 5.91 Å². The van der Waals surface area contributed by atoms with E-state index >= 15 is 0 Å². The molecule has 0 fully saturated rings. The number of aromatic amines is 1. The molecule has 0 radical (unpaired) electrons. The fourth-order valence-corrected chi connectivity index (χ4v) is 2.55. The number of carbonyl (C=O) groups excluding carboxylic acids is 1. The third kappa shape index (κ3) is 2.62. The van der Waals surface area contributed by atoms with Gasteiger partial charge in [0.05, 0.1) is 17.3 Å². The van der Waals surface area contributed by atoms with E-state index in [1.54, 1.807) is 18.1 Å². The highest BCUT2D eigenvalue weighted by Crippen LogP contribution is 2.28. The van der Waals surface area contributed by atoms with Crippen molar-refractivity contribution in [1.82, 2.24) is 14.9 Å². The predicted octanol–water partition coefficient (Wildman–Crippen LogP) is 3.49. The van der Waals surface area contributed by atoms with Crippen molar-refractivity contribution in [3.8, 4) is 0 Å². The van der Waals surface area contributed by atoms with Crippen molar-refractivity contribution >= 4 is 28.4 Å². The molecule has 1 N–H and O–H groups in total. The first-order valence-electron chi connectivity index (χ1n) is 6.58. The Hall–Kier alpha value is -2.33. The second-order valence-electron chi connectivity index (χ2n) is 4.84. The maximum atomic E-state index is 12.5. The molecule has 0 saturated carbocycles. The molecule has 0 unspecified atom stereocenters. The number of amides is 1. The summed E-state index contributed by atoms with van der Waals surface area (Å²) in [5.74, 6) is -0.151. The average Bonchev–Trinajstić information content (AvgIpc) is 2.85. The molecule has 0 atom stereocenters. The Kier molecular flexibility index (Phi) is 3.62. The number of benzene rings is 1. The summed E-state index contributed by atoms with van der Waals surface area (Å²) in [7, 11) is 1.73.